The van der Waals surface area contributed by atoms with Gasteiger partial charge in [0, 0.05) is 30.8 Å². The van der Waals surface area contributed by atoms with E-state index < -0.39 is 11.9 Å². The number of amides is 1. The van der Waals surface area contributed by atoms with Crippen LogP contribution in [0.5, 0.6) is 5.75 Å². The molecule has 1 aromatic carbocycles. The van der Waals surface area contributed by atoms with Crippen LogP contribution in [-0.2, 0) is 4.79 Å². The highest BCUT2D eigenvalue weighted by molar-refractivity contribution is 5.81. The quantitative estimate of drug-likeness (QED) is 0.928. The van der Waals surface area contributed by atoms with Crippen LogP contribution in [-0.4, -0.2) is 30.0 Å². The summed E-state index contributed by atoms with van der Waals surface area (Å²) in [6.07, 6.45) is 2.64. The van der Waals surface area contributed by atoms with Crippen LogP contribution in [0.25, 0.3) is 0 Å². The molecule has 0 radical (unpaired) electrons. The third-order valence-electron chi connectivity index (χ3n) is 3.79. The molecule has 1 heterocycles. The minimum absolute atomic E-state index is 0.0358. The molecule has 2 N–H and O–H groups in total. The molecule has 0 spiro atoms. The first kappa shape index (κ1) is 15.8. The second-order valence-corrected chi connectivity index (χ2v) is 5.62. The Balaban J connectivity index is 2.00. The van der Waals surface area contributed by atoms with Crippen molar-refractivity contribution in [3.05, 3.63) is 29.6 Å². The number of hydrogen-bond acceptors (Lipinski definition) is 3. The van der Waals surface area contributed by atoms with Crippen molar-refractivity contribution in [3.8, 4) is 5.75 Å². The van der Waals surface area contributed by atoms with Gasteiger partial charge in [0.1, 0.15) is 11.6 Å². The summed E-state index contributed by atoms with van der Waals surface area (Å²) < 4.78 is 19.4. The Morgan fingerprint density at radius 1 is 1.29 bits per heavy atom. The first-order valence-electron chi connectivity index (χ1n) is 7.49. The smallest absolute Gasteiger partial charge is 0.263 e. The second kappa shape index (κ2) is 6.89. The van der Waals surface area contributed by atoms with Gasteiger partial charge in [0.05, 0.1) is 0 Å². The Morgan fingerprint density at radius 3 is 2.52 bits per heavy atom. The normalized spacial score (nSPS) is 18.2. The summed E-state index contributed by atoms with van der Waals surface area (Å²) in [6.45, 7) is 4.99. The lowest BCUT2D eigenvalue weighted by Crippen LogP contribution is -2.43. The van der Waals surface area contributed by atoms with Crippen LogP contribution in [0.3, 0.4) is 0 Å². The van der Waals surface area contributed by atoms with Crippen LogP contribution in [0.2, 0.25) is 0 Å². The Morgan fingerprint density at radius 2 is 1.95 bits per heavy atom. The highest BCUT2D eigenvalue weighted by atomic mass is 19.1. The zero-order chi connectivity index (χ0) is 15.4. The summed E-state index contributed by atoms with van der Waals surface area (Å²) in [5.41, 5.74) is 6.11. The van der Waals surface area contributed by atoms with E-state index in [0.29, 0.717) is 11.3 Å². The Labute approximate surface area is 125 Å². The molecule has 21 heavy (non-hydrogen) atoms. The lowest BCUT2D eigenvalue weighted by Gasteiger charge is -2.29. The molecule has 1 saturated heterocycles. The number of rotatable bonds is 4. The van der Waals surface area contributed by atoms with Crippen molar-refractivity contribution in [2.45, 2.75) is 45.3 Å². The number of piperidine rings is 1. The SMILES string of the molecule is CC(Oc1ccc(C(C)N)c(F)c1)C(=O)N1CCCCC1. The van der Waals surface area contributed by atoms with E-state index in [9.17, 15) is 9.18 Å². The second-order valence-electron chi connectivity index (χ2n) is 5.62. The maximum atomic E-state index is 13.9. The number of likely N-dealkylation sites (tertiary alicyclic amines) is 1. The van der Waals surface area contributed by atoms with Gasteiger partial charge in [-0.25, -0.2) is 4.39 Å². The van der Waals surface area contributed by atoms with Gasteiger partial charge in [-0.3, -0.25) is 4.79 Å². The van der Waals surface area contributed by atoms with Gasteiger partial charge in [-0.1, -0.05) is 6.07 Å². The summed E-state index contributed by atoms with van der Waals surface area (Å²) in [6, 6.07) is 4.18. The van der Waals surface area contributed by atoms with Crippen LogP contribution in [0, 0.1) is 5.82 Å². The monoisotopic (exact) mass is 294 g/mol. The molecule has 0 saturated carbocycles. The maximum absolute atomic E-state index is 13.9. The van der Waals surface area contributed by atoms with Crippen LogP contribution in [0.4, 0.5) is 4.39 Å². The number of nitrogens with zero attached hydrogens (tertiary/aromatic N) is 1. The van der Waals surface area contributed by atoms with Gasteiger partial charge >= 0.3 is 0 Å². The van der Waals surface area contributed by atoms with Gasteiger partial charge < -0.3 is 15.4 Å². The predicted molar refractivity (Wildman–Crippen MR) is 79.5 cm³/mol. The third-order valence-corrected chi connectivity index (χ3v) is 3.79. The average molecular weight is 294 g/mol. The lowest BCUT2D eigenvalue weighted by atomic mass is 10.1. The van der Waals surface area contributed by atoms with Crippen molar-refractivity contribution in [2.24, 2.45) is 5.73 Å². The number of ether oxygens (including phenoxy) is 1. The van der Waals surface area contributed by atoms with Crippen molar-refractivity contribution in [2.75, 3.05) is 13.1 Å². The molecule has 1 aromatic rings. The fourth-order valence-corrected chi connectivity index (χ4v) is 2.58. The number of carbonyl (C=O) groups is 1. The molecule has 2 rings (SSSR count). The Hall–Kier alpha value is -1.62. The summed E-state index contributed by atoms with van der Waals surface area (Å²) in [4.78, 5) is 14.1. The van der Waals surface area contributed by atoms with Crippen LogP contribution in [0.15, 0.2) is 18.2 Å². The molecule has 0 aromatic heterocycles. The van der Waals surface area contributed by atoms with E-state index in [1.54, 1.807) is 26.0 Å². The number of carbonyl (C=O) groups excluding carboxylic acids is 1. The van der Waals surface area contributed by atoms with E-state index in [1.807, 2.05) is 4.90 Å². The van der Waals surface area contributed by atoms with Crippen molar-refractivity contribution in [1.82, 2.24) is 4.90 Å². The fraction of sp³-hybridized carbons (Fsp3) is 0.562. The highest BCUT2D eigenvalue weighted by Crippen LogP contribution is 2.22. The molecular weight excluding hydrogens is 271 g/mol. The summed E-state index contributed by atoms with van der Waals surface area (Å²) in [5, 5.41) is 0. The van der Waals surface area contributed by atoms with Crippen molar-refractivity contribution < 1.29 is 13.9 Å². The molecule has 116 valence electrons. The fourth-order valence-electron chi connectivity index (χ4n) is 2.58. The summed E-state index contributed by atoms with van der Waals surface area (Å²) >= 11 is 0. The molecule has 5 heteroatoms. The molecule has 1 aliphatic heterocycles. The van der Waals surface area contributed by atoms with Gasteiger partial charge in [-0.2, -0.15) is 0 Å². The molecule has 2 atom stereocenters. The van der Waals surface area contributed by atoms with Crippen molar-refractivity contribution in [3.63, 3.8) is 0 Å². The van der Waals surface area contributed by atoms with Gasteiger partial charge in [-0.15, -0.1) is 0 Å². The number of halogens is 1. The van der Waals surface area contributed by atoms with E-state index in [-0.39, 0.29) is 11.9 Å². The lowest BCUT2D eigenvalue weighted by molar-refractivity contribution is -0.138. The average Bonchev–Trinajstić information content (AvgIpc) is 2.47. The van der Waals surface area contributed by atoms with Gasteiger partial charge in [0.15, 0.2) is 6.10 Å². The summed E-state index contributed by atoms with van der Waals surface area (Å²) in [5.74, 6) is -0.0822. The van der Waals surface area contributed by atoms with Crippen molar-refractivity contribution in [1.29, 1.82) is 0 Å². The summed E-state index contributed by atoms with van der Waals surface area (Å²) in [7, 11) is 0. The minimum atomic E-state index is -0.608. The minimum Gasteiger partial charge on any atom is -0.481 e. The molecule has 4 nitrogen and oxygen atoms in total. The zero-order valence-corrected chi connectivity index (χ0v) is 12.6. The van der Waals surface area contributed by atoms with Gasteiger partial charge in [-0.05, 0) is 39.2 Å². The van der Waals surface area contributed by atoms with Crippen molar-refractivity contribution >= 4 is 5.91 Å². The van der Waals surface area contributed by atoms with E-state index in [2.05, 4.69) is 0 Å². The molecule has 1 fully saturated rings. The van der Waals surface area contributed by atoms with Crippen LogP contribution in [0.1, 0.15) is 44.7 Å². The molecule has 1 amide bonds. The van der Waals surface area contributed by atoms with E-state index in [4.69, 9.17) is 10.5 Å². The molecule has 2 unspecified atom stereocenters. The number of benzene rings is 1. The van der Waals surface area contributed by atoms with Crippen LogP contribution < -0.4 is 10.5 Å². The molecule has 1 aliphatic rings. The first-order valence-corrected chi connectivity index (χ1v) is 7.49. The van der Waals surface area contributed by atoms with Gasteiger partial charge in [0.2, 0.25) is 0 Å². The third kappa shape index (κ3) is 3.94. The molecular formula is C16H23FN2O2. The number of hydrogen-bond donors (Lipinski definition) is 1. The highest BCUT2D eigenvalue weighted by Gasteiger charge is 2.23. The molecule has 0 bridgehead atoms. The zero-order valence-electron chi connectivity index (χ0n) is 12.6. The molecule has 0 aliphatic carbocycles. The Bertz CT molecular complexity index is 499. The number of nitrogens with two attached hydrogens (primary N) is 1. The predicted octanol–water partition coefficient (Wildman–Crippen LogP) is 2.63. The largest absolute Gasteiger partial charge is 0.481 e. The van der Waals surface area contributed by atoms with Crippen LogP contribution >= 0.6 is 0 Å². The van der Waals surface area contributed by atoms with E-state index >= 15 is 0 Å². The first-order chi connectivity index (χ1) is 9.99. The Kier molecular flexibility index (Phi) is 5.17. The maximum Gasteiger partial charge on any atom is 0.263 e. The van der Waals surface area contributed by atoms with E-state index in [0.717, 1.165) is 25.9 Å². The van der Waals surface area contributed by atoms with Gasteiger partial charge in [0.25, 0.3) is 5.91 Å². The van der Waals surface area contributed by atoms with E-state index in [1.165, 1.54) is 12.5 Å². The topological polar surface area (TPSA) is 55.6 Å². The standard InChI is InChI=1S/C16H23FN2O2/c1-11(18)14-7-6-13(10-15(14)17)21-12(2)16(20)19-8-4-3-5-9-19/h6-7,10-12H,3-5,8-9,18H2,1-2H3.